The van der Waals surface area contributed by atoms with Crippen molar-refractivity contribution >= 4 is 38.3 Å². The van der Waals surface area contributed by atoms with Gasteiger partial charge in [-0.2, -0.15) is 0 Å². The highest BCUT2D eigenvalue weighted by molar-refractivity contribution is 7.22. The molecule has 0 unspecified atom stereocenters. The number of nitrogens with zero attached hydrogens (tertiary/aromatic N) is 1. The van der Waals surface area contributed by atoms with Crippen molar-refractivity contribution in [2.75, 3.05) is 5.32 Å². The molecule has 0 saturated carbocycles. The highest BCUT2D eigenvalue weighted by Gasteiger charge is 2.10. The van der Waals surface area contributed by atoms with Crippen molar-refractivity contribution in [3.8, 4) is 11.1 Å². The van der Waals surface area contributed by atoms with Crippen LogP contribution in [0.2, 0.25) is 0 Å². The quantitative estimate of drug-likeness (QED) is 0.487. The molecule has 0 aliphatic carbocycles. The fraction of sp³-hybridized carbons (Fsp3) is 0.130. The number of hydrogen-bond donors (Lipinski definition) is 1. The van der Waals surface area contributed by atoms with Crippen molar-refractivity contribution in [1.82, 2.24) is 4.98 Å². The van der Waals surface area contributed by atoms with Crippen LogP contribution in [0.4, 0.5) is 15.2 Å². The SMILES string of the molecule is CC(C)c1ccc2nc(Nc3ccc(-c4ccc(C(=O)[O-])cc4)cc3F)sc2c1. The van der Waals surface area contributed by atoms with Crippen LogP contribution in [-0.4, -0.2) is 11.0 Å². The molecular weight excluding hydrogens is 387 g/mol. The zero-order valence-electron chi connectivity index (χ0n) is 15.9. The number of fused-ring (bicyclic) bond motifs is 1. The molecule has 3 aromatic carbocycles. The molecule has 6 heteroatoms. The Labute approximate surface area is 171 Å². The lowest BCUT2D eigenvalue weighted by Gasteiger charge is -2.08. The van der Waals surface area contributed by atoms with E-state index in [0.29, 0.717) is 22.3 Å². The minimum atomic E-state index is -1.24. The molecular formula is C23H18FN2O2S-. The van der Waals surface area contributed by atoms with Gasteiger partial charge in [-0.25, -0.2) is 9.37 Å². The van der Waals surface area contributed by atoms with Gasteiger partial charge in [0.1, 0.15) is 5.82 Å². The Kier molecular flexibility index (Phi) is 5.03. The van der Waals surface area contributed by atoms with Gasteiger partial charge in [-0.3, -0.25) is 0 Å². The molecule has 0 bridgehead atoms. The van der Waals surface area contributed by atoms with Crippen LogP contribution in [0.15, 0.2) is 60.7 Å². The van der Waals surface area contributed by atoms with E-state index < -0.39 is 11.8 Å². The van der Waals surface area contributed by atoms with Crippen LogP contribution in [0.3, 0.4) is 0 Å². The van der Waals surface area contributed by atoms with Crippen LogP contribution in [0.5, 0.6) is 0 Å². The molecule has 4 rings (SSSR count). The number of hydrogen-bond acceptors (Lipinski definition) is 5. The van der Waals surface area contributed by atoms with Gasteiger partial charge in [-0.05, 0) is 52.4 Å². The van der Waals surface area contributed by atoms with E-state index in [1.54, 1.807) is 24.3 Å². The number of anilines is 2. The van der Waals surface area contributed by atoms with Crippen molar-refractivity contribution in [2.45, 2.75) is 19.8 Å². The molecule has 0 atom stereocenters. The molecule has 0 spiro atoms. The summed E-state index contributed by atoms with van der Waals surface area (Å²) in [6.07, 6.45) is 0. The fourth-order valence-electron chi connectivity index (χ4n) is 3.06. The molecule has 4 aromatic rings. The van der Waals surface area contributed by atoms with Crippen LogP contribution < -0.4 is 10.4 Å². The van der Waals surface area contributed by atoms with Crippen molar-refractivity contribution < 1.29 is 14.3 Å². The predicted octanol–water partition coefficient (Wildman–Crippen LogP) is 5.33. The fourth-order valence-corrected chi connectivity index (χ4v) is 3.99. The van der Waals surface area contributed by atoms with E-state index in [1.165, 1.54) is 35.1 Å². The van der Waals surface area contributed by atoms with Crippen molar-refractivity contribution in [3.05, 3.63) is 77.6 Å². The maximum atomic E-state index is 14.7. The second kappa shape index (κ2) is 7.64. The van der Waals surface area contributed by atoms with Crippen LogP contribution >= 0.6 is 11.3 Å². The first-order valence-electron chi connectivity index (χ1n) is 9.19. The Bertz CT molecular complexity index is 1200. The number of thiazole rings is 1. The van der Waals surface area contributed by atoms with E-state index >= 15 is 0 Å². The highest BCUT2D eigenvalue weighted by Crippen LogP contribution is 2.32. The van der Waals surface area contributed by atoms with Gasteiger partial charge in [0.15, 0.2) is 5.13 Å². The summed E-state index contributed by atoms with van der Waals surface area (Å²) in [5.41, 5.74) is 3.93. The molecule has 0 fully saturated rings. The number of halogens is 1. The maximum absolute atomic E-state index is 14.7. The van der Waals surface area contributed by atoms with Crippen molar-refractivity contribution in [3.63, 3.8) is 0 Å². The van der Waals surface area contributed by atoms with Gasteiger partial charge in [0.05, 0.1) is 21.9 Å². The zero-order chi connectivity index (χ0) is 20.5. The first-order valence-corrected chi connectivity index (χ1v) is 10.0. The highest BCUT2D eigenvalue weighted by atomic mass is 32.1. The summed E-state index contributed by atoms with van der Waals surface area (Å²) in [4.78, 5) is 15.4. The molecule has 4 nitrogen and oxygen atoms in total. The maximum Gasteiger partial charge on any atom is 0.188 e. The third-order valence-electron chi connectivity index (χ3n) is 4.74. The van der Waals surface area contributed by atoms with E-state index in [2.05, 4.69) is 36.3 Å². The summed E-state index contributed by atoms with van der Waals surface area (Å²) in [7, 11) is 0. The summed E-state index contributed by atoms with van der Waals surface area (Å²) in [6.45, 7) is 4.29. The Hall–Kier alpha value is -3.25. The number of aromatic nitrogens is 1. The van der Waals surface area contributed by atoms with Gasteiger partial charge < -0.3 is 15.2 Å². The summed E-state index contributed by atoms with van der Waals surface area (Å²) in [6, 6.07) is 17.2. The number of aromatic carboxylic acids is 1. The van der Waals surface area contributed by atoms with Crippen LogP contribution in [0.25, 0.3) is 21.3 Å². The van der Waals surface area contributed by atoms with Gasteiger partial charge in [-0.15, -0.1) is 0 Å². The van der Waals surface area contributed by atoms with Crippen LogP contribution in [0, 0.1) is 5.82 Å². The zero-order valence-corrected chi connectivity index (χ0v) is 16.7. The number of nitrogens with one attached hydrogen (secondary N) is 1. The van der Waals surface area contributed by atoms with Gasteiger partial charge in [0.25, 0.3) is 0 Å². The standard InChI is InChI=1S/C23H19FN2O2S/c1-13(2)16-7-10-20-21(12-16)29-23(26-20)25-19-9-8-17(11-18(19)24)14-3-5-15(6-4-14)22(27)28/h3-13H,1-2H3,(H,25,26)(H,27,28)/p-1. The van der Waals surface area contributed by atoms with Crippen molar-refractivity contribution in [2.24, 2.45) is 0 Å². The molecule has 29 heavy (non-hydrogen) atoms. The lowest BCUT2D eigenvalue weighted by atomic mass is 10.0. The molecule has 146 valence electrons. The molecule has 0 aliphatic rings. The largest absolute Gasteiger partial charge is 0.545 e. The Balaban J connectivity index is 1.58. The minimum absolute atomic E-state index is 0.0870. The molecule has 1 N–H and O–H groups in total. The lowest BCUT2D eigenvalue weighted by Crippen LogP contribution is -2.21. The molecule has 0 amide bonds. The summed E-state index contributed by atoms with van der Waals surface area (Å²) < 4.78 is 15.7. The van der Waals surface area contributed by atoms with Crippen LogP contribution in [0.1, 0.15) is 35.7 Å². The summed E-state index contributed by atoms with van der Waals surface area (Å²) >= 11 is 1.49. The van der Waals surface area contributed by atoms with E-state index in [0.717, 1.165) is 15.8 Å². The Morgan fingerprint density at radius 3 is 2.41 bits per heavy atom. The topological polar surface area (TPSA) is 65.0 Å². The Morgan fingerprint density at radius 2 is 1.76 bits per heavy atom. The summed E-state index contributed by atoms with van der Waals surface area (Å²) in [5, 5.41) is 14.5. The van der Waals surface area contributed by atoms with Gasteiger partial charge >= 0.3 is 0 Å². The Morgan fingerprint density at radius 1 is 1.03 bits per heavy atom. The van der Waals surface area contributed by atoms with E-state index in [9.17, 15) is 14.3 Å². The first kappa shape index (κ1) is 19.1. The molecule has 0 radical (unpaired) electrons. The number of carboxylic acid groups (broad SMARTS) is 1. The normalized spacial score (nSPS) is 11.2. The average Bonchev–Trinajstić information content (AvgIpc) is 3.11. The second-order valence-corrected chi connectivity index (χ2v) is 8.12. The predicted molar refractivity (Wildman–Crippen MR) is 113 cm³/mol. The first-order chi connectivity index (χ1) is 13.9. The third kappa shape index (κ3) is 3.98. The number of carboxylic acids is 1. The smallest absolute Gasteiger partial charge is 0.188 e. The number of benzene rings is 3. The van der Waals surface area contributed by atoms with E-state index in [4.69, 9.17) is 0 Å². The third-order valence-corrected chi connectivity index (χ3v) is 5.68. The number of rotatable bonds is 5. The van der Waals surface area contributed by atoms with Crippen LogP contribution in [-0.2, 0) is 0 Å². The van der Waals surface area contributed by atoms with E-state index in [-0.39, 0.29) is 5.56 Å². The number of carbonyl (C=O) groups excluding carboxylic acids is 1. The van der Waals surface area contributed by atoms with Gasteiger partial charge in [0, 0.05) is 0 Å². The number of carbonyl (C=O) groups is 1. The molecule has 1 heterocycles. The monoisotopic (exact) mass is 405 g/mol. The summed E-state index contributed by atoms with van der Waals surface area (Å²) in [5.74, 6) is -1.21. The average molecular weight is 405 g/mol. The lowest BCUT2D eigenvalue weighted by molar-refractivity contribution is -0.255. The molecule has 0 saturated heterocycles. The van der Waals surface area contributed by atoms with Gasteiger partial charge in [0.2, 0.25) is 0 Å². The van der Waals surface area contributed by atoms with E-state index in [1.807, 2.05) is 6.07 Å². The molecule has 0 aliphatic heterocycles. The van der Waals surface area contributed by atoms with Gasteiger partial charge in [-0.1, -0.05) is 61.6 Å². The second-order valence-electron chi connectivity index (χ2n) is 7.09. The minimum Gasteiger partial charge on any atom is -0.545 e. The van der Waals surface area contributed by atoms with Crippen molar-refractivity contribution in [1.29, 1.82) is 0 Å². The molecule has 1 aromatic heterocycles.